The van der Waals surface area contributed by atoms with E-state index in [1.54, 1.807) is 35.1 Å². The Kier molecular flexibility index (Phi) is 7.10. The maximum absolute atomic E-state index is 13.2. The lowest BCUT2D eigenvalue weighted by Crippen LogP contribution is -2.42. The van der Waals surface area contributed by atoms with Crippen molar-refractivity contribution in [3.63, 3.8) is 0 Å². The largest absolute Gasteiger partial charge is 0.391 e. The van der Waals surface area contributed by atoms with E-state index in [0.717, 1.165) is 30.4 Å². The molecule has 1 aromatic carbocycles. The smallest absolute Gasteiger partial charge is 0.243 e. The fraction of sp³-hybridized carbons (Fsp3) is 0.440. The Morgan fingerprint density at radius 1 is 1.05 bits per heavy atom. The number of hydrogen-bond acceptors (Lipinski definition) is 9. The van der Waals surface area contributed by atoms with Gasteiger partial charge < -0.3 is 15.7 Å². The molecule has 1 saturated carbocycles. The molecule has 2 fully saturated rings. The quantitative estimate of drug-likeness (QED) is 0.425. The van der Waals surface area contributed by atoms with Crippen LogP contribution in [0.5, 0.6) is 0 Å². The second-order valence-electron chi connectivity index (χ2n) is 9.57. The highest BCUT2D eigenvalue weighted by molar-refractivity contribution is 7.89. The molecular formula is C25H30N8O3S. The first-order valence-electron chi connectivity index (χ1n) is 12.4. The SMILES string of the molecule is Cn1cc(-c2ccc(S(=O)(=O)N3CCC(Nc4ncc(C#N)c(N[C@@H]5CCC[C@@H]5O)n4)CC3)cc2)cn1. The Bertz CT molecular complexity index is 1390. The van der Waals surface area contributed by atoms with Gasteiger partial charge in [0.05, 0.1) is 29.4 Å². The molecule has 1 aliphatic carbocycles. The highest BCUT2D eigenvalue weighted by atomic mass is 32.2. The summed E-state index contributed by atoms with van der Waals surface area (Å²) in [5.74, 6) is 0.780. The summed E-state index contributed by atoms with van der Waals surface area (Å²) < 4.78 is 29.7. The minimum absolute atomic E-state index is 0.00253. The number of hydrogen-bond donors (Lipinski definition) is 3. The number of sulfonamides is 1. The third-order valence-corrected chi connectivity index (χ3v) is 8.94. The van der Waals surface area contributed by atoms with E-state index in [1.807, 2.05) is 13.2 Å². The average molecular weight is 523 g/mol. The van der Waals surface area contributed by atoms with E-state index in [4.69, 9.17) is 0 Å². The van der Waals surface area contributed by atoms with Crippen LogP contribution in [0.4, 0.5) is 11.8 Å². The first-order valence-corrected chi connectivity index (χ1v) is 13.8. The van der Waals surface area contributed by atoms with Gasteiger partial charge in [-0.3, -0.25) is 4.68 Å². The number of aliphatic hydroxyl groups is 1. The number of piperidine rings is 1. The van der Waals surface area contributed by atoms with Gasteiger partial charge in [-0.05, 0) is 49.8 Å². The molecule has 3 heterocycles. The molecule has 3 aromatic rings. The summed E-state index contributed by atoms with van der Waals surface area (Å²) in [5, 5.41) is 30.2. The summed E-state index contributed by atoms with van der Waals surface area (Å²) in [5.41, 5.74) is 2.16. The summed E-state index contributed by atoms with van der Waals surface area (Å²) in [6.07, 6.45) is 8.30. The first kappa shape index (κ1) is 25.1. The maximum atomic E-state index is 13.2. The maximum Gasteiger partial charge on any atom is 0.243 e. The number of benzene rings is 1. The highest BCUT2D eigenvalue weighted by Gasteiger charge is 2.30. The summed E-state index contributed by atoms with van der Waals surface area (Å²) in [6, 6.07) is 8.84. The van der Waals surface area contributed by atoms with Crippen molar-refractivity contribution in [1.82, 2.24) is 24.1 Å². The molecule has 37 heavy (non-hydrogen) atoms. The van der Waals surface area contributed by atoms with Gasteiger partial charge in [-0.2, -0.15) is 19.6 Å². The number of nitrogens with zero attached hydrogens (tertiary/aromatic N) is 6. The minimum Gasteiger partial charge on any atom is -0.391 e. The third kappa shape index (κ3) is 5.44. The number of nitrogens with one attached hydrogen (secondary N) is 2. The Hall–Kier alpha value is -3.53. The lowest BCUT2D eigenvalue weighted by atomic mass is 10.1. The Labute approximate surface area is 216 Å². The van der Waals surface area contributed by atoms with Gasteiger partial charge in [-0.15, -0.1) is 0 Å². The number of nitriles is 1. The number of rotatable bonds is 7. The van der Waals surface area contributed by atoms with Gasteiger partial charge in [0.1, 0.15) is 17.5 Å². The zero-order valence-corrected chi connectivity index (χ0v) is 21.4. The Morgan fingerprint density at radius 3 is 2.43 bits per heavy atom. The van der Waals surface area contributed by atoms with Gasteiger partial charge >= 0.3 is 0 Å². The molecule has 1 saturated heterocycles. The zero-order chi connectivity index (χ0) is 26.0. The van der Waals surface area contributed by atoms with Crippen LogP contribution in [0.15, 0.2) is 47.8 Å². The molecule has 2 aliphatic rings. The molecule has 0 radical (unpaired) electrons. The van der Waals surface area contributed by atoms with E-state index < -0.39 is 16.1 Å². The van der Waals surface area contributed by atoms with Crippen LogP contribution in [0.1, 0.15) is 37.7 Å². The van der Waals surface area contributed by atoms with Crippen LogP contribution in [0.25, 0.3) is 11.1 Å². The summed E-state index contributed by atoms with van der Waals surface area (Å²) in [6.45, 7) is 0.750. The third-order valence-electron chi connectivity index (χ3n) is 7.03. The van der Waals surface area contributed by atoms with Crippen molar-refractivity contribution in [2.45, 2.75) is 55.2 Å². The van der Waals surface area contributed by atoms with Crippen molar-refractivity contribution in [3.05, 3.63) is 48.4 Å². The standard InChI is InChI=1S/C25H30N8O3S/c1-32-16-19(15-28-32)17-5-7-21(8-6-17)37(35,36)33-11-9-20(10-12-33)29-25-27-14-18(13-26)24(31-25)30-22-3-2-4-23(22)34/h5-8,14-16,20,22-23,34H,2-4,9-12H2,1H3,(H2,27,29,30,31)/t22-,23+/m1/s1. The van der Waals surface area contributed by atoms with E-state index in [2.05, 4.69) is 31.8 Å². The zero-order valence-electron chi connectivity index (χ0n) is 20.6. The first-order chi connectivity index (χ1) is 17.8. The van der Waals surface area contributed by atoms with Crippen LogP contribution >= 0.6 is 0 Å². The number of anilines is 2. The van der Waals surface area contributed by atoms with Gasteiger partial charge in [0, 0.05) is 37.9 Å². The molecule has 1 aliphatic heterocycles. The minimum atomic E-state index is -3.60. The van der Waals surface area contributed by atoms with Crippen LogP contribution < -0.4 is 10.6 Å². The average Bonchev–Trinajstić information content (AvgIpc) is 3.52. The van der Waals surface area contributed by atoms with Gasteiger partial charge in [0.25, 0.3) is 0 Å². The number of aliphatic hydroxyl groups excluding tert-OH is 1. The van der Waals surface area contributed by atoms with Gasteiger partial charge in [-0.25, -0.2) is 13.4 Å². The normalized spacial score (nSPS) is 21.0. The van der Waals surface area contributed by atoms with Crippen molar-refractivity contribution in [1.29, 1.82) is 5.26 Å². The number of aryl methyl sites for hydroxylation is 1. The van der Waals surface area contributed by atoms with Crippen LogP contribution in [0.3, 0.4) is 0 Å². The van der Waals surface area contributed by atoms with E-state index in [1.165, 1.54) is 10.5 Å². The molecule has 5 rings (SSSR count). The van der Waals surface area contributed by atoms with Gasteiger partial charge in [0.2, 0.25) is 16.0 Å². The topological polar surface area (TPSA) is 149 Å². The molecule has 3 N–H and O–H groups in total. The summed E-state index contributed by atoms with van der Waals surface area (Å²) in [4.78, 5) is 9.01. The van der Waals surface area contributed by atoms with Crippen molar-refractivity contribution in [3.8, 4) is 17.2 Å². The fourth-order valence-corrected chi connectivity index (χ4v) is 6.36. The van der Waals surface area contributed by atoms with Crippen LogP contribution in [-0.2, 0) is 17.1 Å². The van der Waals surface area contributed by atoms with Crippen LogP contribution in [0, 0.1) is 11.3 Å². The van der Waals surface area contributed by atoms with Crippen molar-refractivity contribution in [2.24, 2.45) is 7.05 Å². The molecule has 2 aromatic heterocycles. The lowest BCUT2D eigenvalue weighted by Gasteiger charge is -2.31. The molecule has 0 amide bonds. The molecular weight excluding hydrogens is 492 g/mol. The van der Waals surface area contributed by atoms with Crippen LogP contribution in [-0.4, -0.2) is 68.9 Å². The molecule has 0 unspecified atom stereocenters. The van der Waals surface area contributed by atoms with E-state index in [9.17, 15) is 18.8 Å². The fourth-order valence-electron chi connectivity index (χ4n) is 4.89. The predicted molar refractivity (Wildman–Crippen MR) is 138 cm³/mol. The monoisotopic (exact) mass is 522 g/mol. The summed E-state index contributed by atoms with van der Waals surface area (Å²) in [7, 11) is -1.76. The Morgan fingerprint density at radius 2 is 1.81 bits per heavy atom. The van der Waals surface area contributed by atoms with E-state index in [-0.39, 0.29) is 17.0 Å². The molecule has 11 nitrogen and oxygen atoms in total. The molecule has 194 valence electrons. The molecule has 12 heteroatoms. The van der Waals surface area contributed by atoms with Gasteiger partial charge in [-0.1, -0.05) is 12.1 Å². The highest BCUT2D eigenvalue weighted by Crippen LogP contribution is 2.27. The van der Waals surface area contributed by atoms with E-state index in [0.29, 0.717) is 43.3 Å². The number of aromatic nitrogens is 4. The van der Waals surface area contributed by atoms with E-state index >= 15 is 0 Å². The van der Waals surface area contributed by atoms with Crippen LogP contribution in [0.2, 0.25) is 0 Å². The van der Waals surface area contributed by atoms with Crippen molar-refractivity contribution in [2.75, 3.05) is 23.7 Å². The van der Waals surface area contributed by atoms with Gasteiger partial charge in [0.15, 0.2) is 0 Å². The molecule has 0 bridgehead atoms. The molecule has 0 spiro atoms. The second kappa shape index (κ2) is 10.5. The lowest BCUT2D eigenvalue weighted by molar-refractivity contribution is 0.171. The van der Waals surface area contributed by atoms with Crippen molar-refractivity contribution < 1.29 is 13.5 Å². The molecule has 2 atom stereocenters. The predicted octanol–water partition coefficient (Wildman–Crippen LogP) is 2.34. The second-order valence-corrected chi connectivity index (χ2v) is 11.5. The Balaban J connectivity index is 1.21. The van der Waals surface area contributed by atoms with Crippen molar-refractivity contribution >= 4 is 21.8 Å². The summed E-state index contributed by atoms with van der Waals surface area (Å²) >= 11 is 0.